The van der Waals surface area contributed by atoms with Gasteiger partial charge in [-0.1, -0.05) is 10.2 Å². The zero-order valence-corrected chi connectivity index (χ0v) is 11.9. The number of isothiocyanates is 3. The molecule has 0 saturated carbocycles. The van der Waals surface area contributed by atoms with Crippen LogP contribution in [0, 0.1) is 0 Å². The molecule has 0 radical (unpaired) electrons. The molecule has 0 aromatic heterocycles. The number of hydrogen-bond acceptors (Lipinski definition) is 8. The molecule has 0 aromatic carbocycles. The van der Waals surface area contributed by atoms with Crippen molar-refractivity contribution in [2.75, 3.05) is 6.54 Å². The van der Waals surface area contributed by atoms with E-state index >= 15 is 0 Å². The van der Waals surface area contributed by atoms with Crippen molar-refractivity contribution in [1.82, 2.24) is 5.12 Å². The number of hydrogen-bond donors (Lipinski definition) is 1. The number of amides is 1. The third-order valence-corrected chi connectivity index (χ3v) is 2.19. The van der Waals surface area contributed by atoms with Crippen LogP contribution in [0.15, 0.2) is 15.2 Å². The van der Waals surface area contributed by atoms with Gasteiger partial charge in [0.1, 0.15) is 0 Å². The van der Waals surface area contributed by atoms with Crippen molar-refractivity contribution in [2.24, 2.45) is 20.9 Å². The maximum atomic E-state index is 11.7. The fraction of sp³-hybridized carbons (Fsp3) is 0.556. The van der Waals surface area contributed by atoms with Crippen LogP contribution in [0.4, 0.5) is 0 Å². The number of carbonyl (C=O) groups excluding carboxylic acids is 1. The number of hydrazone groups is 2. The Labute approximate surface area is 121 Å². The summed E-state index contributed by atoms with van der Waals surface area (Å²) >= 11 is 13.3. The second kappa shape index (κ2) is 11.0. The van der Waals surface area contributed by atoms with E-state index in [0.29, 0.717) is 19.4 Å². The highest BCUT2D eigenvalue weighted by molar-refractivity contribution is 7.78. The van der Waals surface area contributed by atoms with Gasteiger partial charge in [-0.25, -0.2) is 0 Å². The van der Waals surface area contributed by atoms with Crippen LogP contribution in [0.2, 0.25) is 0 Å². The first kappa shape index (κ1) is 16.8. The molecule has 0 unspecified atom stereocenters. The van der Waals surface area contributed by atoms with E-state index in [1.54, 1.807) is 0 Å². The van der Waals surface area contributed by atoms with E-state index in [9.17, 15) is 4.79 Å². The van der Waals surface area contributed by atoms with Crippen LogP contribution in [0.5, 0.6) is 0 Å². The van der Waals surface area contributed by atoms with E-state index in [2.05, 4.69) is 62.2 Å². The van der Waals surface area contributed by atoms with E-state index in [-0.39, 0.29) is 0 Å². The summed E-state index contributed by atoms with van der Waals surface area (Å²) in [4.78, 5) is 15.1. The van der Waals surface area contributed by atoms with Crippen molar-refractivity contribution in [1.29, 1.82) is 0 Å². The van der Waals surface area contributed by atoms with E-state index in [1.807, 2.05) is 5.16 Å². The van der Waals surface area contributed by atoms with Crippen LogP contribution in [0.3, 0.4) is 0 Å². The fourth-order valence-electron chi connectivity index (χ4n) is 1.18. The fourth-order valence-corrected chi connectivity index (χ4v) is 1.44. The molecule has 1 atom stereocenters. The van der Waals surface area contributed by atoms with Crippen molar-refractivity contribution in [2.45, 2.75) is 25.3 Å². The molecule has 0 spiro atoms. The summed E-state index contributed by atoms with van der Waals surface area (Å²) in [6.45, 7) is 0.532. The molecule has 18 heavy (non-hydrogen) atoms. The molecule has 2 N–H and O–H groups in total. The highest BCUT2D eigenvalue weighted by atomic mass is 32.1. The highest BCUT2D eigenvalue weighted by Crippen LogP contribution is 2.11. The first-order valence-corrected chi connectivity index (χ1v) is 6.20. The van der Waals surface area contributed by atoms with Gasteiger partial charge in [-0.05, 0) is 62.5 Å². The molecule has 0 aliphatic rings. The van der Waals surface area contributed by atoms with Gasteiger partial charge >= 0.3 is 0 Å². The molecule has 6 nitrogen and oxygen atoms in total. The van der Waals surface area contributed by atoms with Crippen LogP contribution in [0.25, 0.3) is 0 Å². The lowest BCUT2D eigenvalue weighted by atomic mass is 10.1. The third kappa shape index (κ3) is 6.54. The van der Waals surface area contributed by atoms with E-state index < -0.39 is 11.9 Å². The number of carbonyl (C=O) groups is 1. The Morgan fingerprint density at radius 3 is 2.22 bits per heavy atom. The minimum absolute atomic E-state index is 0.442. The summed E-state index contributed by atoms with van der Waals surface area (Å²) in [5, 5.41) is 14.5. The molecule has 0 aliphatic heterocycles. The van der Waals surface area contributed by atoms with Gasteiger partial charge in [-0.15, -0.1) is 0 Å². The largest absolute Gasteiger partial charge is 0.330 e. The summed E-state index contributed by atoms with van der Waals surface area (Å²) in [5.41, 5.74) is 5.39. The lowest BCUT2D eigenvalue weighted by Gasteiger charge is -2.18. The van der Waals surface area contributed by atoms with Gasteiger partial charge in [0.15, 0.2) is 6.04 Å². The zero-order valence-electron chi connectivity index (χ0n) is 9.40. The number of nitrogens with two attached hydrogens (primary N) is 1. The minimum atomic E-state index is -0.752. The second-order valence-electron chi connectivity index (χ2n) is 3.04. The monoisotopic (exact) mass is 301 g/mol. The van der Waals surface area contributed by atoms with Gasteiger partial charge in [0, 0.05) is 0 Å². The smallest absolute Gasteiger partial charge is 0.281 e. The van der Waals surface area contributed by atoms with Crippen LogP contribution < -0.4 is 5.73 Å². The van der Waals surface area contributed by atoms with Gasteiger partial charge in [-0.3, -0.25) is 4.79 Å². The lowest BCUT2D eigenvalue weighted by Crippen LogP contribution is -2.33. The SMILES string of the molecule is NCCCC[C@@H](C(=O)N=C=S)N(N=C=S)N=C=S. The first-order chi connectivity index (χ1) is 8.71. The number of aliphatic imine (C=N–C) groups is 1. The molecule has 0 aliphatic carbocycles. The van der Waals surface area contributed by atoms with Gasteiger partial charge < -0.3 is 5.73 Å². The van der Waals surface area contributed by atoms with E-state index in [4.69, 9.17) is 5.73 Å². The minimum Gasteiger partial charge on any atom is -0.330 e. The molecule has 96 valence electrons. The predicted molar refractivity (Wildman–Crippen MR) is 78.6 cm³/mol. The Balaban J connectivity index is 5.00. The average Bonchev–Trinajstić information content (AvgIpc) is 2.35. The summed E-state index contributed by atoms with van der Waals surface area (Å²) in [7, 11) is 0. The Kier molecular flexibility index (Phi) is 10.2. The lowest BCUT2D eigenvalue weighted by molar-refractivity contribution is -0.123. The topological polar surface area (TPSA) is 83.4 Å². The molecule has 0 saturated heterocycles. The second-order valence-corrected chi connectivity index (χ2v) is 3.59. The first-order valence-electron chi connectivity index (χ1n) is 4.97. The Morgan fingerprint density at radius 2 is 1.78 bits per heavy atom. The van der Waals surface area contributed by atoms with Crippen LogP contribution in [0.1, 0.15) is 19.3 Å². The number of thiocarbonyl (C=S) groups is 3. The van der Waals surface area contributed by atoms with E-state index in [0.717, 1.165) is 11.5 Å². The van der Waals surface area contributed by atoms with Gasteiger partial charge in [0.2, 0.25) is 0 Å². The van der Waals surface area contributed by atoms with Crippen LogP contribution in [-0.4, -0.2) is 39.1 Å². The number of nitrogens with zero attached hydrogens (tertiary/aromatic N) is 4. The quantitative estimate of drug-likeness (QED) is 0.316. The third-order valence-electron chi connectivity index (χ3n) is 1.94. The Bertz CT molecular complexity index is 404. The summed E-state index contributed by atoms with van der Waals surface area (Å²) < 4.78 is 0. The predicted octanol–water partition coefficient (Wildman–Crippen LogP) is 1.45. The Hall–Kier alpha value is -1.17. The van der Waals surface area contributed by atoms with Crippen LogP contribution >= 0.6 is 36.7 Å². The molecule has 0 aromatic rings. The normalized spacial score (nSPS) is 10.3. The van der Waals surface area contributed by atoms with Crippen LogP contribution in [-0.2, 0) is 4.79 Å². The van der Waals surface area contributed by atoms with Crippen molar-refractivity contribution in [3.8, 4) is 0 Å². The van der Waals surface area contributed by atoms with Crippen molar-refractivity contribution >= 4 is 58.0 Å². The van der Waals surface area contributed by atoms with Gasteiger partial charge in [0.05, 0.1) is 15.5 Å². The summed E-state index contributed by atoms with van der Waals surface area (Å²) in [6.07, 6.45) is 1.91. The highest BCUT2D eigenvalue weighted by Gasteiger charge is 2.24. The van der Waals surface area contributed by atoms with Crippen molar-refractivity contribution in [3.05, 3.63) is 0 Å². The maximum absolute atomic E-state index is 11.7. The standard InChI is InChI=1S/C9H11N5OS3/c10-4-2-1-3-8(9(15)11-5-16)14(12-6-17)13-7-18/h8H,1-4,10H2/t8-/m0/s1. The van der Waals surface area contributed by atoms with Crippen molar-refractivity contribution < 1.29 is 4.79 Å². The molecule has 9 heteroatoms. The Morgan fingerprint density at radius 1 is 1.17 bits per heavy atom. The summed E-state index contributed by atoms with van der Waals surface area (Å²) in [6, 6.07) is -0.752. The number of rotatable bonds is 8. The number of unbranched alkanes of at least 4 members (excludes halogenated alkanes) is 1. The summed E-state index contributed by atoms with van der Waals surface area (Å²) in [5.74, 6) is -0.523. The molecule has 0 heterocycles. The van der Waals surface area contributed by atoms with E-state index in [1.165, 1.54) is 0 Å². The molecule has 0 fully saturated rings. The molecular weight excluding hydrogens is 290 g/mol. The molecular formula is C9H11N5OS3. The van der Waals surface area contributed by atoms with Gasteiger partial charge in [-0.2, -0.15) is 10.1 Å². The molecule has 1 amide bonds. The average molecular weight is 301 g/mol. The maximum Gasteiger partial charge on any atom is 0.281 e. The molecule has 0 bridgehead atoms. The van der Waals surface area contributed by atoms with Crippen molar-refractivity contribution in [3.63, 3.8) is 0 Å². The molecule has 0 rings (SSSR count). The van der Waals surface area contributed by atoms with Gasteiger partial charge in [0.25, 0.3) is 5.91 Å². The zero-order chi connectivity index (χ0) is 13.8.